The van der Waals surface area contributed by atoms with Gasteiger partial charge in [0, 0.05) is 5.56 Å². The van der Waals surface area contributed by atoms with Crippen LogP contribution in [-0.2, 0) is 0 Å². The monoisotopic (exact) mass is 256 g/mol. The van der Waals surface area contributed by atoms with Gasteiger partial charge in [-0.1, -0.05) is 35.4 Å². The molecule has 0 heterocycles. The van der Waals surface area contributed by atoms with Gasteiger partial charge in [0.25, 0.3) is 0 Å². The van der Waals surface area contributed by atoms with E-state index in [2.05, 4.69) is 13.0 Å². The van der Waals surface area contributed by atoms with Crippen LogP contribution in [-0.4, -0.2) is 12.2 Å². The van der Waals surface area contributed by atoms with E-state index in [9.17, 15) is 5.11 Å². The average Bonchev–Trinajstić information content (AvgIpc) is 2.38. The van der Waals surface area contributed by atoms with Gasteiger partial charge in [0.15, 0.2) is 0 Å². The summed E-state index contributed by atoms with van der Waals surface area (Å²) in [5, 5.41) is 10.6. The molecular weight excluding hydrogens is 236 g/mol. The first-order valence-corrected chi connectivity index (χ1v) is 6.42. The largest absolute Gasteiger partial charge is 0.496 e. The van der Waals surface area contributed by atoms with Crippen LogP contribution < -0.4 is 4.74 Å². The highest BCUT2D eigenvalue weighted by Gasteiger charge is 2.17. The molecule has 0 aromatic heterocycles. The highest BCUT2D eigenvalue weighted by molar-refractivity contribution is 5.45. The lowest BCUT2D eigenvalue weighted by Gasteiger charge is -2.18. The van der Waals surface area contributed by atoms with Gasteiger partial charge < -0.3 is 9.84 Å². The van der Waals surface area contributed by atoms with Crippen LogP contribution in [0.15, 0.2) is 36.4 Å². The normalized spacial score (nSPS) is 12.3. The summed E-state index contributed by atoms with van der Waals surface area (Å²) in [6.45, 7) is 6.09. The topological polar surface area (TPSA) is 29.5 Å². The molecule has 19 heavy (non-hydrogen) atoms. The van der Waals surface area contributed by atoms with E-state index in [1.807, 2.05) is 44.2 Å². The second-order valence-electron chi connectivity index (χ2n) is 5.01. The molecule has 0 fully saturated rings. The van der Waals surface area contributed by atoms with Crippen LogP contribution in [0.25, 0.3) is 0 Å². The summed E-state index contributed by atoms with van der Waals surface area (Å²) in [6.07, 6.45) is -0.657. The van der Waals surface area contributed by atoms with E-state index in [0.717, 1.165) is 28.0 Å². The molecule has 0 bridgehead atoms. The fraction of sp³-hybridized carbons (Fsp3) is 0.294. The third-order valence-corrected chi connectivity index (χ3v) is 3.40. The molecule has 0 amide bonds. The minimum absolute atomic E-state index is 0.657. The molecule has 2 aromatic rings. The fourth-order valence-electron chi connectivity index (χ4n) is 2.37. The standard InChI is InChI=1S/C17H20O2/c1-11-5-7-14(13(3)9-11)17(18)15-10-12(2)6-8-16(15)19-4/h5-10,17-18H,1-4H3. The van der Waals surface area contributed by atoms with Gasteiger partial charge in [-0.25, -0.2) is 0 Å². The van der Waals surface area contributed by atoms with Crippen molar-refractivity contribution < 1.29 is 9.84 Å². The lowest BCUT2D eigenvalue weighted by molar-refractivity contribution is 0.214. The zero-order valence-electron chi connectivity index (χ0n) is 11.9. The van der Waals surface area contributed by atoms with Crippen LogP contribution in [0.4, 0.5) is 0 Å². The molecule has 2 rings (SSSR count). The number of aryl methyl sites for hydroxylation is 3. The number of aliphatic hydroxyl groups is 1. The van der Waals surface area contributed by atoms with Crippen molar-refractivity contribution in [3.05, 3.63) is 64.2 Å². The van der Waals surface area contributed by atoms with E-state index >= 15 is 0 Å². The summed E-state index contributed by atoms with van der Waals surface area (Å²) in [5.74, 6) is 0.720. The van der Waals surface area contributed by atoms with Gasteiger partial charge in [-0.2, -0.15) is 0 Å². The first kappa shape index (κ1) is 13.6. The third-order valence-electron chi connectivity index (χ3n) is 3.40. The number of hydrogen-bond acceptors (Lipinski definition) is 2. The summed E-state index contributed by atoms with van der Waals surface area (Å²) in [4.78, 5) is 0. The predicted molar refractivity (Wildman–Crippen MR) is 77.7 cm³/mol. The Balaban J connectivity index is 2.49. The number of rotatable bonds is 3. The Labute approximate surface area is 114 Å². The summed E-state index contributed by atoms with van der Waals surface area (Å²) >= 11 is 0. The van der Waals surface area contributed by atoms with E-state index in [4.69, 9.17) is 4.74 Å². The second kappa shape index (κ2) is 5.45. The molecule has 2 aromatic carbocycles. The van der Waals surface area contributed by atoms with Crippen molar-refractivity contribution in [1.82, 2.24) is 0 Å². The molecule has 2 nitrogen and oxygen atoms in total. The fourth-order valence-corrected chi connectivity index (χ4v) is 2.37. The van der Waals surface area contributed by atoms with Crippen LogP contribution in [0.1, 0.15) is 33.9 Å². The molecule has 1 N–H and O–H groups in total. The smallest absolute Gasteiger partial charge is 0.125 e. The quantitative estimate of drug-likeness (QED) is 0.907. The van der Waals surface area contributed by atoms with Crippen LogP contribution >= 0.6 is 0 Å². The first-order valence-electron chi connectivity index (χ1n) is 6.42. The Morgan fingerprint density at radius 3 is 2.16 bits per heavy atom. The summed E-state index contributed by atoms with van der Waals surface area (Å²) in [5.41, 5.74) is 5.14. The number of aliphatic hydroxyl groups excluding tert-OH is 1. The van der Waals surface area contributed by atoms with E-state index in [1.165, 1.54) is 5.56 Å². The molecule has 2 heteroatoms. The predicted octanol–water partition coefficient (Wildman–Crippen LogP) is 3.70. The zero-order valence-corrected chi connectivity index (χ0v) is 11.9. The van der Waals surface area contributed by atoms with Gasteiger partial charge in [0.05, 0.1) is 7.11 Å². The molecule has 0 radical (unpaired) electrons. The molecule has 0 aliphatic rings. The molecule has 0 aliphatic heterocycles. The average molecular weight is 256 g/mol. The van der Waals surface area contributed by atoms with Crippen molar-refractivity contribution in [2.45, 2.75) is 26.9 Å². The maximum Gasteiger partial charge on any atom is 0.125 e. The van der Waals surface area contributed by atoms with Gasteiger partial charge in [0.2, 0.25) is 0 Å². The van der Waals surface area contributed by atoms with Gasteiger partial charge in [-0.3, -0.25) is 0 Å². The molecule has 0 saturated carbocycles. The highest BCUT2D eigenvalue weighted by Crippen LogP contribution is 2.32. The summed E-state index contributed by atoms with van der Waals surface area (Å²) in [6, 6.07) is 11.9. The Morgan fingerprint density at radius 2 is 1.53 bits per heavy atom. The Morgan fingerprint density at radius 1 is 0.895 bits per heavy atom. The maximum absolute atomic E-state index is 10.6. The lowest BCUT2D eigenvalue weighted by Crippen LogP contribution is -2.05. The van der Waals surface area contributed by atoms with Crippen molar-refractivity contribution in [3.8, 4) is 5.75 Å². The second-order valence-corrected chi connectivity index (χ2v) is 5.01. The van der Waals surface area contributed by atoms with Crippen molar-refractivity contribution in [3.63, 3.8) is 0 Å². The van der Waals surface area contributed by atoms with E-state index < -0.39 is 6.10 Å². The molecule has 1 unspecified atom stereocenters. The number of methoxy groups -OCH3 is 1. The number of ether oxygens (including phenoxy) is 1. The van der Waals surface area contributed by atoms with Crippen molar-refractivity contribution in [1.29, 1.82) is 0 Å². The Bertz CT molecular complexity index is 588. The first-order chi connectivity index (χ1) is 9.02. The van der Waals surface area contributed by atoms with Gasteiger partial charge in [0.1, 0.15) is 11.9 Å². The minimum Gasteiger partial charge on any atom is -0.496 e. The minimum atomic E-state index is -0.657. The summed E-state index contributed by atoms with van der Waals surface area (Å²) < 4.78 is 5.35. The SMILES string of the molecule is COc1ccc(C)cc1C(O)c1ccc(C)cc1C. The van der Waals surface area contributed by atoms with E-state index in [-0.39, 0.29) is 0 Å². The van der Waals surface area contributed by atoms with E-state index in [0.29, 0.717) is 0 Å². The van der Waals surface area contributed by atoms with Crippen LogP contribution in [0.2, 0.25) is 0 Å². The third kappa shape index (κ3) is 2.79. The van der Waals surface area contributed by atoms with Crippen molar-refractivity contribution in [2.75, 3.05) is 7.11 Å². The van der Waals surface area contributed by atoms with Crippen molar-refractivity contribution in [2.24, 2.45) is 0 Å². The molecule has 1 atom stereocenters. The number of hydrogen-bond donors (Lipinski definition) is 1. The van der Waals surface area contributed by atoms with Crippen LogP contribution in [0.3, 0.4) is 0 Å². The number of benzene rings is 2. The molecular formula is C17H20O2. The molecule has 0 spiro atoms. The summed E-state index contributed by atoms with van der Waals surface area (Å²) in [7, 11) is 1.63. The van der Waals surface area contributed by atoms with E-state index in [1.54, 1.807) is 7.11 Å². The molecule has 100 valence electrons. The van der Waals surface area contributed by atoms with Crippen LogP contribution in [0, 0.1) is 20.8 Å². The highest BCUT2D eigenvalue weighted by atomic mass is 16.5. The molecule has 0 aliphatic carbocycles. The molecule has 0 saturated heterocycles. The van der Waals surface area contributed by atoms with Gasteiger partial charge in [-0.15, -0.1) is 0 Å². The van der Waals surface area contributed by atoms with Gasteiger partial charge >= 0.3 is 0 Å². The van der Waals surface area contributed by atoms with Gasteiger partial charge in [-0.05, 0) is 44.0 Å². The van der Waals surface area contributed by atoms with Crippen molar-refractivity contribution >= 4 is 0 Å². The lowest BCUT2D eigenvalue weighted by atomic mass is 9.94. The maximum atomic E-state index is 10.6. The Kier molecular flexibility index (Phi) is 3.91. The zero-order chi connectivity index (χ0) is 14.0. The van der Waals surface area contributed by atoms with Crippen LogP contribution in [0.5, 0.6) is 5.75 Å². The Hall–Kier alpha value is -1.80.